The summed E-state index contributed by atoms with van der Waals surface area (Å²) in [7, 11) is 5.00. The van der Waals surface area contributed by atoms with Crippen LogP contribution >= 0.6 is 0 Å². The fraction of sp³-hybridized carbons (Fsp3) is 0.821. The lowest BCUT2D eigenvalue weighted by molar-refractivity contribution is -0.156. The standard InChI is InChI=1S/C78H132O20/c1-45-22-28-58(80)37-61-19-16-18-60(95-61)36-57(44-79)51(7)68(82)42-70(84)53(9)75(88)55(11)77(47(3)26-30-64-39-66(90-13)34-49(5)93-64)97-73(86)33-25-46(2)23-29-59(81)38-62-20-17-21-63(96-62)41-72(92-15)52(8)69(83)43-71(85)54(10)76(89)56(12)78(98-74(87)32-24-45)48(4)27-31-65-40-67(91-14)35-50(6)94-65/h16-17,19-20,22-25,32-33,47-72,75-85,88-89H,18,21,26-31,34-44H2,1-15H3/b32-24+,33-25+,45-22+,46-23+/t47-,48-,49-,50-,51+,52-,53-,54-,55+,56+,57+,58-,59?,60?,61-,62-,63?,64?,65-,66+,67+,68-,69-,70+,71+,72-,75-,76-,77?,78-/m0/s1. The molecule has 2 fully saturated rings. The number of hydrogen-bond acceptors (Lipinski definition) is 20. The Kier molecular flexibility index (Phi) is 37.6. The van der Waals surface area contributed by atoms with E-state index in [4.69, 9.17) is 42.6 Å². The number of carbonyl (C=O) groups excluding carboxylic acids is 2. The monoisotopic (exact) mass is 1390 g/mol. The summed E-state index contributed by atoms with van der Waals surface area (Å²) in [5.41, 5.74) is 1.42. The van der Waals surface area contributed by atoms with E-state index in [1.165, 1.54) is 12.2 Å². The lowest BCUT2D eigenvalue weighted by atomic mass is 9.78. The smallest absolute Gasteiger partial charge is 0.331 e. The van der Waals surface area contributed by atoms with Gasteiger partial charge < -0.3 is 88.6 Å². The van der Waals surface area contributed by atoms with E-state index in [1.54, 1.807) is 47.3 Å². The summed E-state index contributed by atoms with van der Waals surface area (Å²) >= 11 is 0. The fourth-order valence-corrected chi connectivity index (χ4v) is 15.4. The summed E-state index contributed by atoms with van der Waals surface area (Å²) in [6.07, 6.45) is 14.4. The Labute approximate surface area is 587 Å². The molecule has 9 N–H and O–H groups in total. The minimum Gasteiger partial charge on any atom is -0.459 e. The Balaban J connectivity index is 1.36. The molecule has 0 saturated carbocycles. The van der Waals surface area contributed by atoms with Gasteiger partial charge in [-0.1, -0.05) is 115 Å². The number of esters is 2. The Morgan fingerprint density at radius 3 is 1.26 bits per heavy atom. The van der Waals surface area contributed by atoms with Crippen LogP contribution in [0.2, 0.25) is 0 Å². The molecule has 0 amide bonds. The second-order valence-corrected chi connectivity index (χ2v) is 30.5. The van der Waals surface area contributed by atoms with E-state index in [0.29, 0.717) is 68.9 Å². The van der Waals surface area contributed by atoms with E-state index in [2.05, 4.69) is 0 Å². The topological polar surface area (TPSA) is 299 Å². The Morgan fingerprint density at radius 2 is 0.857 bits per heavy atom. The van der Waals surface area contributed by atoms with Crippen molar-refractivity contribution in [2.45, 2.75) is 327 Å². The van der Waals surface area contributed by atoms with Crippen molar-refractivity contribution in [3.63, 3.8) is 0 Å². The number of hydrogen-bond donors (Lipinski definition) is 9. The molecular formula is C78H132O20. The number of aliphatic hydroxyl groups excluding tert-OH is 9. The Bertz CT molecular complexity index is 2320. The fourth-order valence-electron chi connectivity index (χ4n) is 15.4. The van der Waals surface area contributed by atoms with Crippen LogP contribution in [0.1, 0.15) is 199 Å². The molecule has 4 bridgehead atoms. The maximum atomic E-state index is 13.8. The van der Waals surface area contributed by atoms with Gasteiger partial charge in [0.25, 0.3) is 0 Å². The van der Waals surface area contributed by atoms with Crippen LogP contribution in [-0.4, -0.2) is 214 Å². The van der Waals surface area contributed by atoms with E-state index in [1.807, 2.05) is 106 Å². The van der Waals surface area contributed by atoms with Crippen molar-refractivity contribution in [1.29, 1.82) is 0 Å². The number of rotatable bonds is 12. The summed E-state index contributed by atoms with van der Waals surface area (Å²) in [4.78, 5) is 27.7. The highest BCUT2D eigenvalue weighted by Gasteiger charge is 2.42. The zero-order valence-electron chi connectivity index (χ0n) is 62.0. The first-order chi connectivity index (χ1) is 46.4. The van der Waals surface area contributed by atoms with Crippen LogP contribution in [0.25, 0.3) is 0 Å². The number of ether oxygens (including phenoxy) is 9. The normalized spacial score (nSPS) is 43.3. The van der Waals surface area contributed by atoms with Crippen molar-refractivity contribution in [3.05, 3.63) is 71.9 Å². The van der Waals surface area contributed by atoms with Crippen molar-refractivity contribution < 1.29 is 98.2 Å². The summed E-state index contributed by atoms with van der Waals surface area (Å²) < 4.78 is 55.5. The molecule has 564 valence electrons. The quantitative estimate of drug-likeness (QED) is 0.0648. The van der Waals surface area contributed by atoms with Crippen LogP contribution in [0.4, 0.5) is 0 Å². The third-order valence-corrected chi connectivity index (χ3v) is 22.4. The van der Waals surface area contributed by atoms with Crippen LogP contribution in [0.15, 0.2) is 71.9 Å². The molecule has 0 aromatic carbocycles. The van der Waals surface area contributed by atoms with Crippen molar-refractivity contribution in [3.8, 4) is 0 Å². The molecule has 0 aliphatic carbocycles. The summed E-state index contributed by atoms with van der Waals surface area (Å²) in [5.74, 6) is -5.85. The first kappa shape index (κ1) is 85.4. The number of methoxy groups -OCH3 is 3. The number of cyclic esters (lactones) is 2. The first-order valence-electron chi connectivity index (χ1n) is 37.1. The third-order valence-electron chi connectivity index (χ3n) is 22.4. The van der Waals surface area contributed by atoms with Crippen molar-refractivity contribution >= 4 is 11.9 Å². The first-order valence-corrected chi connectivity index (χ1v) is 37.1. The largest absolute Gasteiger partial charge is 0.459 e. The van der Waals surface area contributed by atoms with E-state index in [9.17, 15) is 55.5 Å². The molecule has 2 saturated heterocycles. The molecule has 0 spiro atoms. The zero-order valence-corrected chi connectivity index (χ0v) is 62.0. The molecule has 5 aliphatic rings. The average Bonchev–Trinajstić information content (AvgIpc) is 0.873. The highest BCUT2D eigenvalue weighted by Crippen LogP contribution is 2.37. The predicted octanol–water partition coefficient (Wildman–Crippen LogP) is 9.70. The second-order valence-electron chi connectivity index (χ2n) is 30.5. The average molecular weight is 1390 g/mol. The van der Waals surface area contributed by atoms with E-state index in [0.717, 1.165) is 25.7 Å². The van der Waals surface area contributed by atoms with Crippen molar-refractivity contribution in [2.24, 2.45) is 53.3 Å². The molecule has 5 unspecified atom stereocenters. The second kappa shape index (κ2) is 43.1. The van der Waals surface area contributed by atoms with Gasteiger partial charge in [0.1, 0.15) is 12.2 Å². The summed E-state index contributed by atoms with van der Waals surface area (Å²) in [6.45, 7) is 22.2. The highest BCUT2D eigenvalue weighted by molar-refractivity contribution is 5.83. The SMILES string of the molecule is CO[C@H]1CC(CC[C@H](C)C2OC(=O)/C=C/C(C)=C/CC(O)C[C@@H]3C=CCC(C[C@H](OC)[C@@H](C)[C@@H](O)C[C@@H](O)[C@H](C)[C@H](O)[C@@H](C)[C@H]([C@@H](C)CC[C@H]4C[C@H](OC)C[C@H](C)O4)OC(=O)/C=C/C(C)=C/C[C@H](O)C[C@@H]4C=CCC(C[C@H](CO)[C@@H](C)[C@@H](O)C[C@@H](O)[C@H](C)[C@H](O)[C@H]2C)O4)O3)O[C@@H](C)C1. The van der Waals surface area contributed by atoms with Gasteiger partial charge in [0.05, 0.1) is 116 Å². The van der Waals surface area contributed by atoms with Gasteiger partial charge in [-0.05, 0) is 148 Å². The van der Waals surface area contributed by atoms with Gasteiger partial charge in [-0.2, -0.15) is 0 Å². The van der Waals surface area contributed by atoms with Crippen LogP contribution in [-0.2, 0) is 52.2 Å². The number of carbonyl (C=O) groups is 2. The maximum absolute atomic E-state index is 13.8. The number of allylic oxidation sites excluding steroid dienone is 4. The molecule has 0 aromatic heterocycles. The molecule has 0 radical (unpaired) electrons. The minimum atomic E-state index is -1.16. The number of aliphatic hydroxyl groups is 9. The van der Waals surface area contributed by atoms with E-state index < -0.39 is 133 Å². The molecule has 5 aliphatic heterocycles. The van der Waals surface area contributed by atoms with Gasteiger partial charge >= 0.3 is 11.9 Å². The molecule has 20 heteroatoms. The van der Waals surface area contributed by atoms with Crippen LogP contribution in [0.5, 0.6) is 0 Å². The van der Waals surface area contributed by atoms with E-state index >= 15 is 0 Å². The molecule has 30 atom stereocenters. The molecule has 5 heterocycles. The van der Waals surface area contributed by atoms with E-state index in [-0.39, 0.29) is 99.4 Å². The van der Waals surface area contributed by atoms with Gasteiger partial charge in [-0.15, -0.1) is 0 Å². The van der Waals surface area contributed by atoms with Crippen LogP contribution < -0.4 is 0 Å². The van der Waals surface area contributed by atoms with Crippen LogP contribution in [0, 0.1) is 53.3 Å². The predicted molar refractivity (Wildman–Crippen MR) is 377 cm³/mol. The minimum absolute atomic E-state index is 0.0215. The highest BCUT2D eigenvalue weighted by atomic mass is 16.6. The molecule has 20 nitrogen and oxygen atoms in total. The van der Waals surface area contributed by atoms with Gasteiger partial charge in [0.2, 0.25) is 0 Å². The van der Waals surface area contributed by atoms with Crippen molar-refractivity contribution in [1.82, 2.24) is 0 Å². The number of fused-ring (bicyclic) bond motifs is 4. The van der Waals surface area contributed by atoms with Gasteiger partial charge in [-0.3, -0.25) is 0 Å². The lowest BCUT2D eigenvalue weighted by Gasteiger charge is -2.38. The molecule has 98 heavy (non-hydrogen) atoms. The van der Waals surface area contributed by atoms with Gasteiger partial charge in [0, 0.05) is 88.9 Å². The van der Waals surface area contributed by atoms with Gasteiger partial charge in [0.15, 0.2) is 0 Å². The Morgan fingerprint density at radius 1 is 0.459 bits per heavy atom. The molecular weight excluding hydrogens is 1260 g/mol. The zero-order chi connectivity index (χ0) is 72.5. The molecule has 5 rings (SSSR count). The molecule has 0 aromatic rings. The summed E-state index contributed by atoms with van der Waals surface area (Å²) in [6, 6.07) is 0. The lowest BCUT2D eigenvalue weighted by Crippen LogP contribution is -2.45. The van der Waals surface area contributed by atoms with Crippen LogP contribution in [0.3, 0.4) is 0 Å². The van der Waals surface area contributed by atoms with Gasteiger partial charge in [-0.25, -0.2) is 9.59 Å². The van der Waals surface area contributed by atoms with Crippen molar-refractivity contribution in [2.75, 3.05) is 27.9 Å². The third kappa shape index (κ3) is 28.1. The maximum Gasteiger partial charge on any atom is 0.331 e. The summed E-state index contributed by atoms with van der Waals surface area (Å²) in [5, 5.41) is 104. The Hall–Kier alpha value is -3.26.